The van der Waals surface area contributed by atoms with Crippen LogP contribution in [-0.2, 0) is 13.0 Å². The quantitative estimate of drug-likeness (QED) is 0.639. The molecule has 0 aliphatic carbocycles. The van der Waals surface area contributed by atoms with Crippen molar-refractivity contribution in [2.45, 2.75) is 31.4 Å². The van der Waals surface area contributed by atoms with Crippen LogP contribution in [0.15, 0.2) is 59.1 Å². The molecule has 0 saturated carbocycles. The van der Waals surface area contributed by atoms with Crippen molar-refractivity contribution in [2.75, 3.05) is 27.3 Å². The van der Waals surface area contributed by atoms with Gasteiger partial charge in [-0.25, -0.2) is 0 Å². The van der Waals surface area contributed by atoms with Crippen molar-refractivity contribution < 1.29 is 19.1 Å². The van der Waals surface area contributed by atoms with E-state index in [1.54, 1.807) is 14.2 Å². The van der Waals surface area contributed by atoms with Gasteiger partial charge in [-0.1, -0.05) is 35.5 Å². The van der Waals surface area contributed by atoms with Gasteiger partial charge in [0.1, 0.15) is 23.0 Å². The Labute approximate surface area is 177 Å². The first-order valence-corrected chi connectivity index (χ1v) is 10.3. The Kier molecular flexibility index (Phi) is 6.06. The number of nitrogens with zero attached hydrogens (tertiary/aromatic N) is 2. The predicted octanol–water partition coefficient (Wildman–Crippen LogP) is 3.93. The van der Waals surface area contributed by atoms with Crippen molar-refractivity contribution in [1.82, 2.24) is 10.1 Å². The number of rotatable bonds is 7. The number of aromatic nitrogens is 1. The van der Waals surface area contributed by atoms with Crippen LogP contribution >= 0.6 is 0 Å². The van der Waals surface area contributed by atoms with E-state index in [1.807, 2.05) is 48.5 Å². The van der Waals surface area contributed by atoms with Gasteiger partial charge in [0, 0.05) is 43.2 Å². The summed E-state index contributed by atoms with van der Waals surface area (Å²) in [5, 5.41) is 15.3. The maximum absolute atomic E-state index is 11.1. The second kappa shape index (κ2) is 8.90. The van der Waals surface area contributed by atoms with Crippen molar-refractivity contribution in [2.24, 2.45) is 0 Å². The fraction of sp³-hybridized carbons (Fsp3) is 0.375. The van der Waals surface area contributed by atoms with Gasteiger partial charge in [0.2, 0.25) is 0 Å². The Hall–Kier alpha value is -2.83. The smallest absolute Gasteiger partial charge is 0.140 e. The molecule has 0 amide bonds. The summed E-state index contributed by atoms with van der Waals surface area (Å²) in [5.74, 6) is 2.39. The average molecular weight is 408 g/mol. The Balaban J connectivity index is 1.36. The Morgan fingerprint density at radius 1 is 1.03 bits per heavy atom. The van der Waals surface area contributed by atoms with E-state index >= 15 is 0 Å². The second-order valence-electron chi connectivity index (χ2n) is 7.90. The van der Waals surface area contributed by atoms with E-state index in [2.05, 4.69) is 16.1 Å². The Morgan fingerprint density at radius 2 is 1.83 bits per heavy atom. The topological polar surface area (TPSA) is 68.0 Å². The highest BCUT2D eigenvalue weighted by Gasteiger charge is 2.34. The van der Waals surface area contributed by atoms with Crippen LogP contribution in [0.4, 0.5) is 0 Å². The molecule has 2 heterocycles. The minimum absolute atomic E-state index is 0.465. The number of piperidine rings is 1. The number of para-hydroxylation sites is 1. The van der Waals surface area contributed by atoms with Crippen LogP contribution in [0, 0.1) is 0 Å². The Morgan fingerprint density at radius 3 is 2.60 bits per heavy atom. The van der Waals surface area contributed by atoms with Crippen LogP contribution in [0.2, 0.25) is 0 Å². The van der Waals surface area contributed by atoms with Crippen LogP contribution < -0.4 is 9.47 Å². The van der Waals surface area contributed by atoms with Crippen LogP contribution in [0.25, 0.3) is 11.3 Å². The first kappa shape index (κ1) is 20.4. The molecule has 0 spiro atoms. The number of benzene rings is 2. The van der Waals surface area contributed by atoms with Gasteiger partial charge in [-0.2, -0.15) is 0 Å². The van der Waals surface area contributed by atoms with Crippen molar-refractivity contribution in [3.8, 4) is 22.8 Å². The third-order valence-corrected chi connectivity index (χ3v) is 5.80. The molecule has 0 unspecified atom stereocenters. The van der Waals surface area contributed by atoms with Gasteiger partial charge < -0.3 is 19.1 Å². The summed E-state index contributed by atoms with van der Waals surface area (Å²) in [7, 11) is 3.34. The van der Waals surface area contributed by atoms with E-state index in [0.717, 1.165) is 42.4 Å². The molecule has 1 N–H and O–H groups in total. The molecule has 6 heteroatoms. The SMILES string of the molecule is COc1cccc(-c2cc(CC3(O)CCN(Cc4ccccc4OC)CC3)on2)c1. The summed E-state index contributed by atoms with van der Waals surface area (Å²) < 4.78 is 16.3. The largest absolute Gasteiger partial charge is 0.497 e. The Bertz CT molecular complexity index is 977. The summed E-state index contributed by atoms with van der Waals surface area (Å²) in [4.78, 5) is 2.36. The summed E-state index contributed by atoms with van der Waals surface area (Å²) in [6, 6.07) is 17.7. The fourth-order valence-corrected chi connectivity index (χ4v) is 4.02. The number of methoxy groups -OCH3 is 2. The van der Waals surface area contributed by atoms with E-state index in [4.69, 9.17) is 14.0 Å². The highest BCUT2D eigenvalue weighted by atomic mass is 16.5. The molecule has 1 aromatic heterocycles. The normalized spacial score (nSPS) is 16.4. The first-order valence-electron chi connectivity index (χ1n) is 10.3. The second-order valence-corrected chi connectivity index (χ2v) is 7.90. The molecule has 1 saturated heterocycles. The molecule has 0 bridgehead atoms. The molecule has 2 aromatic carbocycles. The lowest BCUT2D eigenvalue weighted by atomic mass is 9.87. The molecule has 3 aromatic rings. The lowest BCUT2D eigenvalue weighted by Crippen LogP contribution is -2.45. The van der Waals surface area contributed by atoms with Gasteiger partial charge in [-0.05, 0) is 31.0 Å². The van der Waals surface area contributed by atoms with E-state index < -0.39 is 5.60 Å². The number of likely N-dealkylation sites (tertiary alicyclic amines) is 1. The molecule has 1 aliphatic rings. The third kappa shape index (κ3) is 4.66. The van der Waals surface area contributed by atoms with Gasteiger partial charge in [0.05, 0.1) is 19.8 Å². The number of aliphatic hydroxyl groups is 1. The maximum Gasteiger partial charge on any atom is 0.140 e. The standard InChI is InChI=1S/C24H28N2O4/c1-28-20-8-5-7-18(14-20)22-15-21(30-25-22)16-24(27)10-12-26(13-11-24)17-19-6-3-4-9-23(19)29-2/h3-9,14-15,27H,10-13,16-17H2,1-2H3. The van der Waals surface area contributed by atoms with E-state index in [9.17, 15) is 5.11 Å². The highest BCUT2D eigenvalue weighted by molar-refractivity contribution is 5.60. The van der Waals surface area contributed by atoms with Crippen molar-refractivity contribution >= 4 is 0 Å². The van der Waals surface area contributed by atoms with E-state index in [0.29, 0.717) is 25.0 Å². The van der Waals surface area contributed by atoms with Gasteiger partial charge in [0.25, 0.3) is 0 Å². The zero-order valence-corrected chi connectivity index (χ0v) is 17.5. The van der Waals surface area contributed by atoms with Gasteiger partial charge in [-0.15, -0.1) is 0 Å². The van der Waals surface area contributed by atoms with Crippen LogP contribution in [-0.4, -0.2) is 48.1 Å². The summed E-state index contributed by atoms with van der Waals surface area (Å²) >= 11 is 0. The minimum atomic E-state index is -0.775. The molecule has 0 radical (unpaired) electrons. The van der Waals surface area contributed by atoms with Crippen molar-refractivity contribution in [3.05, 3.63) is 65.9 Å². The molecule has 4 rings (SSSR count). The molecule has 30 heavy (non-hydrogen) atoms. The number of hydrogen-bond donors (Lipinski definition) is 1. The molecular weight excluding hydrogens is 380 g/mol. The molecule has 6 nitrogen and oxygen atoms in total. The summed E-state index contributed by atoms with van der Waals surface area (Å²) in [6.07, 6.45) is 1.85. The number of hydrogen-bond acceptors (Lipinski definition) is 6. The van der Waals surface area contributed by atoms with Crippen LogP contribution in [0.3, 0.4) is 0 Å². The first-order chi connectivity index (χ1) is 14.6. The molecular formula is C24H28N2O4. The lowest BCUT2D eigenvalue weighted by Gasteiger charge is -2.37. The van der Waals surface area contributed by atoms with Gasteiger partial charge in [0.15, 0.2) is 0 Å². The van der Waals surface area contributed by atoms with Crippen LogP contribution in [0.5, 0.6) is 11.5 Å². The van der Waals surface area contributed by atoms with E-state index in [-0.39, 0.29) is 0 Å². The zero-order chi connectivity index (χ0) is 21.0. The van der Waals surface area contributed by atoms with Crippen molar-refractivity contribution in [1.29, 1.82) is 0 Å². The highest BCUT2D eigenvalue weighted by Crippen LogP contribution is 2.30. The average Bonchev–Trinajstić information content (AvgIpc) is 3.24. The predicted molar refractivity (Wildman–Crippen MR) is 115 cm³/mol. The van der Waals surface area contributed by atoms with Gasteiger partial charge in [-0.3, -0.25) is 4.90 Å². The molecule has 158 valence electrons. The molecule has 0 atom stereocenters. The lowest BCUT2D eigenvalue weighted by molar-refractivity contribution is -0.0266. The maximum atomic E-state index is 11.1. The number of ether oxygens (including phenoxy) is 2. The van der Waals surface area contributed by atoms with E-state index in [1.165, 1.54) is 5.56 Å². The summed E-state index contributed by atoms with van der Waals surface area (Å²) in [6.45, 7) is 2.47. The fourth-order valence-electron chi connectivity index (χ4n) is 4.02. The van der Waals surface area contributed by atoms with Crippen LogP contribution in [0.1, 0.15) is 24.2 Å². The monoisotopic (exact) mass is 408 g/mol. The van der Waals surface area contributed by atoms with Crippen molar-refractivity contribution in [3.63, 3.8) is 0 Å². The summed E-state index contributed by atoms with van der Waals surface area (Å²) in [5.41, 5.74) is 2.08. The zero-order valence-electron chi connectivity index (χ0n) is 17.5. The molecule has 1 aliphatic heterocycles. The minimum Gasteiger partial charge on any atom is -0.497 e. The molecule has 1 fully saturated rings. The van der Waals surface area contributed by atoms with Gasteiger partial charge >= 0.3 is 0 Å². The third-order valence-electron chi connectivity index (χ3n) is 5.80.